The first-order valence-corrected chi connectivity index (χ1v) is 6.14. The summed E-state index contributed by atoms with van der Waals surface area (Å²) in [6, 6.07) is 3.28. The number of carbonyl (C=O) groups excluding carboxylic acids is 1. The molecule has 104 valence electrons. The standard InChI is InChI=1S/C12H18N4O3/c1-15(2)12(18)10-3-4-11(14-13-10)16-5-6-19-8-9(16)7-17/h3-4,9,17H,5-8H2,1-2H3. The van der Waals surface area contributed by atoms with E-state index in [0.717, 1.165) is 0 Å². The summed E-state index contributed by atoms with van der Waals surface area (Å²) in [4.78, 5) is 15.1. The Kier molecular flexibility index (Phi) is 4.28. The second-order valence-electron chi connectivity index (χ2n) is 4.58. The summed E-state index contributed by atoms with van der Waals surface area (Å²) in [5.41, 5.74) is 0.308. The maximum absolute atomic E-state index is 11.7. The van der Waals surface area contributed by atoms with Gasteiger partial charge in [-0.05, 0) is 12.1 Å². The molecule has 1 atom stereocenters. The van der Waals surface area contributed by atoms with Crippen molar-refractivity contribution < 1.29 is 14.6 Å². The molecule has 2 rings (SSSR count). The van der Waals surface area contributed by atoms with Crippen LogP contribution >= 0.6 is 0 Å². The third-order valence-electron chi connectivity index (χ3n) is 3.01. The molecule has 7 heteroatoms. The fraction of sp³-hybridized carbons (Fsp3) is 0.583. The molecule has 1 N–H and O–H groups in total. The largest absolute Gasteiger partial charge is 0.394 e. The molecule has 7 nitrogen and oxygen atoms in total. The highest BCUT2D eigenvalue weighted by Gasteiger charge is 2.24. The maximum atomic E-state index is 11.7. The summed E-state index contributed by atoms with van der Waals surface area (Å²) in [6.45, 7) is 1.72. The van der Waals surface area contributed by atoms with Gasteiger partial charge in [0, 0.05) is 20.6 Å². The number of aliphatic hydroxyl groups excluding tert-OH is 1. The molecule has 0 aliphatic carbocycles. The topological polar surface area (TPSA) is 78.8 Å². The van der Waals surface area contributed by atoms with Crippen molar-refractivity contribution in [2.45, 2.75) is 6.04 Å². The lowest BCUT2D eigenvalue weighted by Gasteiger charge is -2.34. The number of carbonyl (C=O) groups is 1. The minimum absolute atomic E-state index is 0.0000593. The Balaban J connectivity index is 2.15. The molecule has 0 spiro atoms. The summed E-state index contributed by atoms with van der Waals surface area (Å²) >= 11 is 0. The van der Waals surface area contributed by atoms with Crippen LogP contribution in [-0.4, -0.2) is 72.6 Å². The molecule has 1 amide bonds. The van der Waals surface area contributed by atoms with Crippen LogP contribution in [0.3, 0.4) is 0 Å². The molecular formula is C12H18N4O3. The van der Waals surface area contributed by atoms with E-state index in [0.29, 0.717) is 31.3 Å². The Morgan fingerprint density at radius 3 is 2.89 bits per heavy atom. The molecule has 1 fully saturated rings. The van der Waals surface area contributed by atoms with E-state index in [9.17, 15) is 9.90 Å². The SMILES string of the molecule is CN(C)C(=O)c1ccc(N2CCOCC2CO)nn1. The smallest absolute Gasteiger partial charge is 0.273 e. The van der Waals surface area contributed by atoms with Gasteiger partial charge in [0.15, 0.2) is 11.5 Å². The highest BCUT2D eigenvalue weighted by atomic mass is 16.5. The van der Waals surface area contributed by atoms with E-state index < -0.39 is 0 Å². The normalized spacial score (nSPS) is 19.3. The predicted octanol–water partition coefficient (Wildman–Crippen LogP) is -0.624. The molecule has 1 aliphatic heterocycles. The van der Waals surface area contributed by atoms with Gasteiger partial charge in [-0.3, -0.25) is 4.79 Å². The van der Waals surface area contributed by atoms with Gasteiger partial charge in [-0.15, -0.1) is 10.2 Å². The van der Waals surface area contributed by atoms with Gasteiger partial charge in [0.25, 0.3) is 5.91 Å². The quantitative estimate of drug-likeness (QED) is 0.785. The molecule has 0 bridgehead atoms. The van der Waals surface area contributed by atoms with Crippen LogP contribution in [0, 0.1) is 0 Å². The first-order chi connectivity index (χ1) is 9.13. The lowest BCUT2D eigenvalue weighted by molar-refractivity contribution is 0.0721. The van der Waals surface area contributed by atoms with Crippen LogP contribution in [0.4, 0.5) is 5.82 Å². The summed E-state index contributed by atoms with van der Waals surface area (Å²) in [7, 11) is 3.34. The van der Waals surface area contributed by atoms with E-state index in [-0.39, 0.29) is 18.6 Å². The Labute approximate surface area is 111 Å². The predicted molar refractivity (Wildman–Crippen MR) is 69.1 cm³/mol. The van der Waals surface area contributed by atoms with E-state index in [1.54, 1.807) is 26.2 Å². The van der Waals surface area contributed by atoms with Crippen molar-refractivity contribution >= 4 is 11.7 Å². The third kappa shape index (κ3) is 2.99. The van der Waals surface area contributed by atoms with Gasteiger partial charge in [0.05, 0.1) is 25.9 Å². The number of hydrogen-bond donors (Lipinski definition) is 1. The van der Waals surface area contributed by atoms with E-state index in [1.165, 1.54) is 4.90 Å². The number of hydrogen-bond acceptors (Lipinski definition) is 6. The number of aliphatic hydroxyl groups is 1. The van der Waals surface area contributed by atoms with E-state index >= 15 is 0 Å². The average Bonchev–Trinajstić information content (AvgIpc) is 2.46. The lowest BCUT2D eigenvalue weighted by Crippen LogP contribution is -2.48. The molecule has 0 radical (unpaired) electrons. The molecule has 1 saturated heterocycles. The Hall–Kier alpha value is -1.73. The Morgan fingerprint density at radius 1 is 1.53 bits per heavy atom. The molecule has 1 aromatic heterocycles. The van der Waals surface area contributed by atoms with Gasteiger partial charge in [0.2, 0.25) is 0 Å². The van der Waals surface area contributed by atoms with Gasteiger partial charge in [0.1, 0.15) is 0 Å². The van der Waals surface area contributed by atoms with Crippen molar-refractivity contribution in [3.63, 3.8) is 0 Å². The highest BCUT2D eigenvalue weighted by Crippen LogP contribution is 2.16. The van der Waals surface area contributed by atoms with E-state index in [4.69, 9.17) is 4.74 Å². The zero-order valence-electron chi connectivity index (χ0n) is 11.1. The maximum Gasteiger partial charge on any atom is 0.273 e. The van der Waals surface area contributed by atoms with Crippen LogP contribution in [-0.2, 0) is 4.74 Å². The van der Waals surface area contributed by atoms with Gasteiger partial charge in [-0.2, -0.15) is 0 Å². The average molecular weight is 266 g/mol. The fourth-order valence-electron chi connectivity index (χ4n) is 1.93. The summed E-state index contributed by atoms with van der Waals surface area (Å²) in [5.74, 6) is 0.470. The van der Waals surface area contributed by atoms with Crippen molar-refractivity contribution in [3.8, 4) is 0 Å². The number of anilines is 1. The van der Waals surface area contributed by atoms with Gasteiger partial charge >= 0.3 is 0 Å². The molecule has 1 aromatic rings. The minimum Gasteiger partial charge on any atom is -0.394 e. The molecule has 19 heavy (non-hydrogen) atoms. The molecular weight excluding hydrogens is 248 g/mol. The van der Waals surface area contributed by atoms with E-state index in [2.05, 4.69) is 10.2 Å². The zero-order chi connectivity index (χ0) is 13.8. The van der Waals surface area contributed by atoms with E-state index in [1.807, 2.05) is 4.90 Å². The Morgan fingerprint density at radius 2 is 2.32 bits per heavy atom. The van der Waals surface area contributed by atoms with Crippen molar-refractivity contribution in [1.29, 1.82) is 0 Å². The number of amides is 1. The van der Waals surface area contributed by atoms with Crippen molar-refractivity contribution in [3.05, 3.63) is 17.8 Å². The summed E-state index contributed by atoms with van der Waals surface area (Å²) < 4.78 is 5.31. The third-order valence-corrected chi connectivity index (χ3v) is 3.01. The fourth-order valence-corrected chi connectivity index (χ4v) is 1.93. The zero-order valence-corrected chi connectivity index (χ0v) is 11.1. The molecule has 0 saturated carbocycles. The van der Waals surface area contributed by atoms with Crippen LogP contribution < -0.4 is 4.90 Å². The monoisotopic (exact) mass is 266 g/mol. The first-order valence-electron chi connectivity index (χ1n) is 6.14. The summed E-state index contributed by atoms with van der Waals surface area (Å²) in [5, 5.41) is 17.3. The van der Waals surface area contributed by atoms with Crippen LogP contribution in [0.15, 0.2) is 12.1 Å². The number of rotatable bonds is 3. The van der Waals surface area contributed by atoms with Crippen molar-refractivity contribution in [2.24, 2.45) is 0 Å². The van der Waals surface area contributed by atoms with Gasteiger partial charge in [-0.1, -0.05) is 0 Å². The second kappa shape index (κ2) is 5.94. The van der Waals surface area contributed by atoms with Crippen LogP contribution in [0.25, 0.3) is 0 Å². The van der Waals surface area contributed by atoms with Crippen molar-refractivity contribution in [2.75, 3.05) is 45.4 Å². The minimum atomic E-state index is -0.181. The molecule has 1 aliphatic rings. The number of aromatic nitrogens is 2. The Bertz CT molecular complexity index is 435. The number of morpholine rings is 1. The van der Waals surface area contributed by atoms with Gasteiger partial charge in [-0.25, -0.2) is 0 Å². The van der Waals surface area contributed by atoms with Gasteiger partial charge < -0.3 is 19.6 Å². The second-order valence-corrected chi connectivity index (χ2v) is 4.58. The first kappa shape index (κ1) is 13.7. The highest BCUT2D eigenvalue weighted by molar-refractivity contribution is 5.91. The molecule has 2 heterocycles. The van der Waals surface area contributed by atoms with Crippen LogP contribution in [0.2, 0.25) is 0 Å². The van der Waals surface area contributed by atoms with Crippen LogP contribution in [0.5, 0.6) is 0 Å². The molecule has 0 aromatic carbocycles. The van der Waals surface area contributed by atoms with Crippen molar-refractivity contribution in [1.82, 2.24) is 15.1 Å². The number of nitrogens with zero attached hydrogens (tertiary/aromatic N) is 4. The van der Waals surface area contributed by atoms with Crippen LogP contribution in [0.1, 0.15) is 10.5 Å². The summed E-state index contributed by atoms with van der Waals surface area (Å²) in [6.07, 6.45) is 0. The lowest BCUT2D eigenvalue weighted by atomic mass is 10.2. The number of ether oxygens (including phenoxy) is 1. The molecule has 1 unspecified atom stereocenters.